The van der Waals surface area contributed by atoms with Crippen molar-refractivity contribution in [1.29, 1.82) is 0 Å². The van der Waals surface area contributed by atoms with Crippen molar-refractivity contribution >= 4 is 11.6 Å². The third kappa shape index (κ3) is 2.57. The molecule has 100 valence electrons. The van der Waals surface area contributed by atoms with Crippen molar-refractivity contribution in [2.45, 2.75) is 51.0 Å². The zero-order valence-corrected chi connectivity index (χ0v) is 12.5. The summed E-state index contributed by atoms with van der Waals surface area (Å²) < 4.78 is 0. The number of hydrogen-bond donors (Lipinski definition) is 1. The summed E-state index contributed by atoms with van der Waals surface area (Å²) in [6, 6.07) is 9.25. The minimum atomic E-state index is 0.392. The summed E-state index contributed by atoms with van der Waals surface area (Å²) >= 11 is 6.01. The van der Waals surface area contributed by atoms with Crippen LogP contribution < -0.4 is 5.32 Å². The lowest BCUT2D eigenvalue weighted by atomic mass is 9.59. The van der Waals surface area contributed by atoms with Gasteiger partial charge in [0.25, 0.3) is 0 Å². The van der Waals surface area contributed by atoms with Gasteiger partial charge in [0, 0.05) is 16.9 Å². The van der Waals surface area contributed by atoms with Crippen LogP contribution in [0.4, 0.5) is 0 Å². The SMILES string of the molecule is C[NH2+]C(CC(C)C)C1(c2ccc(Cl)cc2)CCC1. The Bertz CT molecular complexity index is 379. The summed E-state index contributed by atoms with van der Waals surface area (Å²) in [6.45, 7) is 4.65. The van der Waals surface area contributed by atoms with Crippen LogP contribution >= 0.6 is 11.6 Å². The molecule has 1 aromatic carbocycles. The lowest BCUT2D eigenvalue weighted by Crippen LogP contribution is -2.91. The van der Waals surface area contributed by atoms with E-state index in [1.54, 1.807) is 0 Å². The molecule has 0 aliphatic heterocycles. The second kappa shape index (κ2) is 5.63. The fraction of sp³-hybridized carbons (Fsp3) is 0.625. The maximum absolute atomic E-state index is 6.01. The highest BCUT2D eigenvalue weighted by Gasteiger charge is 2.47. The first-order valence-corrected chi connectivity index (χ1v) is 7.52. The Kier molecular flexibility index (Phi) is 4.34. The van der Waals surface area contributed by atoms with Crippen LogP contribution in [0.1, 0.15) is 45.1 Å². The molecule has 0 spiro atoms. The molecule has 2 rings (SSSR count). The van der Waals surface area contributed by atoms with Gasteiger partial charge in [-0.25, -0.2) is 0 Å². The summed E-state index contributed by atoms with van der Waals surface area (Å²) in [5.74, 6) is 0.760. The van der Waals surface area contributed by atoms with Crippen LogP contribution in [0.3, 0.4) is 0 Å². The summed E-state index contributed by atoms with van der Waals surface area (Å²) in [5.41, 5.74) is 1.88. The van der Waals surface area contributed by atoms with Crippen molar-refractivity contribution in [3.05, 3.63) is 34.9 Å². The number of halogens is 1. The molecule has 18 heavy (non-hydrogen) atoms. The fourth-order valence-electron chi connectivity index (χ4n) is 3.40. The second-order valence-corrected chi connectivity index (χ2v) is 6.52. The van der Waals surface area contributed by atoms with Gasteiger partial charge in [0.05, 0.1) is 13.1 Å². The van der Waals surface area contributed by atoms with Crippen LogP contribution in [0.2, 0.25) is 5.02 Å². The molecule has 1 nitrogen and oxygen atoms in total. The number of hydrogen-bond acceptors (Lipinski definition) is 0. The van der Waals surface area contributed by atoms with Gasteiger partial charge in [-0.05, 0) is 36.5 Å². The number of likely N-dealkylation sites (N-methyl/N-ethyl adjacent to an activating group) is 1. The minimum Gasteiger partial charge on any atom is -0.346 e. The van der Waals surface area contributed by atoms with Crippen LogP contribution in [-0.2, 0) is 5.41 Å². The van der Waals surface area contributed by atoms with E-state index in [2.05, 4.69) is 38.3 Å². The molecular formula is C16H25ClN+. The van der Waals surface area contributed by atoms with E-state index in [0.717, 1.165) is 10.9 Å². The maximum Gasteiger partial charge on any atom is 0.0957 e. The Balaban J connectivity index is 2.26. The Morgan fingerprint density at radius 1 is 1.22 bits per heavy atom. The highest BCUT2D eigenvalue weighted by Crippen LogP contribution is 2.47. The first kappa shape index (κ1) is 13.9. The van der Waals surface area contributed by atoms with Gasteiger partial charge >= 0.3 is 0 Å². The van der Waals surface area contributed by atoms with Crippen LogP contribution in [0, 0.1) is 5.92 Å². The molecule has 0 aromatic heterocycles. The first-order chi connectivity index (χ1) is 8.58. The topological polar surface area (TPSA) is 16.6 Å². The first-order valence-electron chi connectivity index (χ1n) is 7.14. The second-order valence-electron chi connectivity index (χ2n) is 6.09. The van der Waals surface area contributed by atoms with E-state index in [0.29, 0.717) is 11.5 Å². The molecule has 0 radical (unpaired) electrons. The van der Waals surface area contributed by atoms with E-state index in [1.807, 2.05) is 12.1 Å². The molecule has 1 aliphatic carbocycles. The Labute approximate surface area is 116 Å². The molecule has 0 saturated heterocycles. The molecule has 1 aromatic rings. The number of rotatable bonds is 5. The van der Waals surface area contributed by atoms with Crippen LogP contribution in [0.15, 0.2) is 24.3 Å². The molecule has 1 atom stereocenters. The monoisotopic (exact) mass is 266 g/mol. The van der Waals surface area contributed by atoms with E-state index in [4.69, 9.17) is 11.6 Å². The van der Waals surface area contributed by atoms with Gasteiger partial charge in [0.2, 0.25) is 0 Å². The average molecular weight is 267 g/mol. The summed E-state index contributed by atoms with van der Waals surface area (Å²) in [5, 5.41) is 3.27. The van der Waals surface area contributed by atoms with E-state index >= 15 is 0 Å². The number of benzene rings is 1. The van der Waals surface area contributed by atoms with E-state index < -0.39 is 0 Å². The minimum absolute atomic E-state index is 0.392. The summed E-state index contributed by atoms with van der Waals surface area (Å²) in [7, 11) is 2.23. The van der Waals surface area contributed by atoms with Crippen LogP contribution in [-0.4, -0.2) is 13.1 Å². The zero-order chi connectivity index (χ0) is 13.2. The van der Waals surface area contributed by atoms with Gasteiger partial charge in [0.1, 0.15) is 0 Å². The predicted octanol–water partition coefficient (Wildman–Crippen LogP) is 3.37. The third-order valence-corrected chi connectivity index (χ3v) is 4.75. The molecule has 0 heterocycles. The van der Waals surface area contributed by atoms with Gasteiger partial charge in [-0.15, -0.1) is 0 Å². The third-order valence-electron chi connectivity index (χ3n) is 4.50. The molecule has 1 unspecified atom stereocenters. The summed E-state index contributed by atoms with van der Waals surface area (Å²) in [6.07, 6.45) is 5.32. The Morgan fingerprint density at radius 2 is 1.83 bits per heavy atom. The van der Waals surface area contributed by atoms with Gasteiger partial charge in [-0.3, -0.25) is 0 Å². The Hall–Kier alpha value is -0.530. The molecule has 0 amide bonds. The molecular weight excluding hydrogens is 242 g/mol. The van der Waals surface area contributed by atoms with Gasteiger partial charge in [0.15, 0.2) is 0 Å². The van der Waals surface area contributed by atoms with E-state index in [1.165, 1.54) is 31.2 Å². The van der Waals surface area contributed by atoms with Gasteiger partial charge in [-0.2, -0.15) is 0 Å². The largest absolute Gasteiger partial charge is 0.346 e. The van der Waals surface area contributed by atoms with Crippen LogP contribution in [0.5, 0.6) is 0 Å². The number of nitrogens with two attached hydrogens (primary N) is 1. The predicted molar refractivity (Wildman–Crippen MR) is 78.1 cm³/mol. The molecule has 1 aliphatic rings. The van der Waals surface area contributed by atoms with Crippen molar-refractivity contribution in [2.24, 2.45) is 5.92 Å². The van der Waals surface area contributed by atoms with Crippen molar-refractivity contribution in [3.63, 3.8) is 0 Å². The molecule has 2 N–H and O–H groups in total. The average Bonchev–Trinajstić information content (AvgIpc) is 2.28. The maximum atomic E-state index is 6.01. The summed E-state index contributed by atoms with van der Waals surface area (Å²) in [4.78, 5) is 0. The molecule has 1 saturated carbocycles. The standard InChI is InChI=1S/C16H24ClN/c1-12(2)11-15(18-3)16(9-4-10-16)13-5-7-14(17)8-6-13/h5-8,12,15,18H,4,9-11H2,1-3H3/p+1. The van der Waals surface area contributed by atoms with E-state index in [-0.39, 0.29) is 0 Å². The van der Waals surface area contributed by atoms with Crippen molar-refractivity contribution in [1.82, 2.24) is 0 Å². The van der Waals surface area contributed by atoms with Gasteiger partial charge < -0.3 is 5.32 Å². The molecule has 2 heteroatoms. The lowest BCUT2D eigenvalue weighted by molar-refractivity contribution is -0.676. The fourth-order valence-corrected chi connectivity index (χ4v) is 3.53. The Morgan fingerprint density at radius 3 is 2.22 bits per heavy atom. The van der Waals surface area contributed by atoms with Crippen molar-refractivity contribution < 1.29 is 5.32 Å². The smallest absolute Gasteiger partial charge is 0.0957 e. The molecule has 0 bridgehead atoms. The lowest BCUT2D eigenvalue weighted by Gasteiger charge is -2.46. The zero-order valence-electron chi connectivity index (χ0n) is 11.7. The molecule has 1 fully saturated rings. The van der Waals surface area contributed by atoms with Crippen molar-refractivity contribution in [2.75, 3.05) is 7.05 Å². The quantitative estimate of drug-likeness (QED) is 0.842. The van der Waals surface area contributed by atoms with Crippen LogP contribution in [0.25, 0.3) is 0 Å². The normalized spacial score (nSPS) is 19.6. The van der Waals surface area contributed by atoms with Crippen molar-refractivity contribution in [3.8, 4) is 0 Å². The highest BCUT2D eigenvalue weighted by molar-refractivity contribution is 6.30. The van der Waals surface area contributed by atoms with E-state index in [9.17, 15) is 0 Å². The highest BCUT2D eigenvalue weighted by atomic mass is 35.5. The van der Waals surface area contributed by atoms with Gasteiger partial charge in [-0.1, -0.05) is 44.0 Å². The number of quaternary nitrogens is 1.